The summed E-state index contributed by atoms with van der Waals surface area (Å²) in [6.07, 6.45) is 0. The third kappa shape index (κ3) is 4.11. The first-order chi connectivity index (χ1) is 14.1. The molecular weight excluding hydrogens is 456 g/mol. The Morgan fingerprint density at radius 1 is 1.31 bits per heavy atom. The van der Waals surface area contributed by atoms with Gasteiger partial charge in [0, 0.05) is 5.70 Å². The predicted octanol–water partition coefficient (Wildman–Crippen LogP) is 4.78. The molecule has 4 rings (SSSR count). The van der Waals surface area contributed by atoms with Crippen molar-refractivity contribution in [2.75, 3.05) is 11.1 Å². The van der Waals surface area contributed by atoms with Crippen molar-refractivity contribution in [2.24, 2.45) is 0 Å². The van der Waals surface area contributed by atoms with Crippen LogP contribution in [0.25, 0.3) is 0 Å². The largest absolute Gasteiger partial charge is 0.457 e. The van der Waals surface area contributed by atoms with Gasteiger partial charge in [-0.1, -0.05) is 49.0 Å². The van der Waals surface area contributed by atoms with Gasteiger partial charge >= 0.3 is 5.97 Å². The Labute approximate surface area is 180 Å². The summed E-state index contributed by atoms with van der Waals surface area (Å²) in [5.74, 6) is 1.56. The van der Waals surface area contributed by atoms with Gasteiger partial charge in [0.05, 0.1) is 5.57 Å². The van der Waals surface area contributed by atoms with E-state index in [0.29, 0.717) is 32.8 Å². The van der Waals surface area contributed by atoms with Gasteiger partial charge in [-0.25, -0.2) is 9.48 Å². The van der Waals surface area contributed by atoms with Crippen LogP contribution in [0.15, 0.2) is 68.0 Å². The lowest BCUT2D eigenvalue weighted by molar-refractivity contribution is -0.140. The molecule has 1 aromatic carbocycles. The number of carbonyl (C=O) groups excluding carboxylic acids is 1. The number of thioether (sulfide) groups is 1. The number of rotatable bonds is 6. The van der Waals surface area contributed by atoms with E-state index in [0.717, 1.165) is 11.3 Å². The summed E-state index contributed by atoms with van der Waals surface area (Å²) >= 11 is 4.87. The molecule has 1 N–H and O–H groups in total. The fourth-order valence-corrected chi connectivity index (χ4v) is 4.00. The summed E-state index contributed by atoms with van der Waals surface area (Å²) in [6, 6.07) is 12.6. The highest BCUT2D eigenvalue weighted by Crippen LogP contribution is 2.38. The highest BCUT2D eigenvalue weighted by molar-refractivity contribution is 9.10. The maximum Gasteiger partial charge on any atom is 0.338 e. The van der Waals surface area contributed by atoms with Crippen LogP contribution in [0.4, 0.5) is 5.95 Å². The SMILES string of the molecule is CCSc1nc2n(n1)C(c1ccc(Br)o1)C(C(=O)OCc1ccccc1)=C(C)N2. The van der Waals surface area contributed by atoms with E-state index in [1.807, 2.05) is 50.2 Å². The predicted molar refractivity (Wildman–Crippen MR) is 114 cm³/mol. The molecule has 0 radical (unpaired) electrons. The summed E-state index contributed by atoms with van der Waals surface area (Å²) in [6.45, 7) is 4.05. The molecule has 150 valence electrons. The number of hydrogen-bond acceptors (Lipinski definition) is 7. The second-order valence-corrected chi connectivity index (χ2v) is 8.38. The zero-order valence-electron chi connectivity index (χ0n) is 15.9. The number of furan rings is 1. The summed E-state index contributed by atoms with van der Waals surface area (Å²) in [5.41, 5.74) is 2.02. The van der Waals surface area contributed by atoms with Gasteiger partial charge in [-0.05, 0) is 46.3 Å². The van der Waals surface area contributed by atoms with E-state index in [1.54, 1.807) is 10.7 Å². The molecule has 1 unspecified atom stereocenters. The maximum atomic E-state index is 13.1. The van der Waals surface area contributed by atoms with Crippen molar-refractivity contribution in [3.05, 3.63) is 69.7 Å². The molecule has 3 heterocycles. The molecule has 29 heavy (non-hydrogen) atoms. The van der Waals surface area contributed by atoms with Crippen LogP contribution < -0.4 is 5.32 Å². The van der Waals surface area contributed by atoms with Crippen LogP contribution in [0.3, 0.4) is 0 Å². The van der Waals surface area contributed by atoms with E-state index >= 15 is 0 Å². The van der Waals surface area contributed by atoms with E-state index in [4.69, 9.17) is 9.15 Å². The smallest absolute Gasteiger partial charge is 0.338 e. The van der Waals surface area contributed by atoms with Crippen LogP contribution in [0.2, 0.25) is 0 Å². The van der Waals surface area contributed by atoms with Crippen LogP contribution in [0.1, 0.15) is 31.2 Å². The minimum absolute atomic E-state index is 0.187. The van der Waals surface area contributed by atoms with Crippen LogP contribution in [-0.2, 0) is 16.1 Å². The first-order valence-electron chi connectivity index (χ1n) is 9.10. The minimum Gasteiger partial charge on any atom is -0.457 e. The average molecular weight is 475 g/mol. The molecule has 0 aliphatic carbocycles. The Morgan fingerprint density at radius 2 is 2.10 bits per heavy atom. The number of carbonyl (C=O) groups is 1. The van der Waals surface area contributed by atoms with Gasteiger partial charge in [-0.3, -0.25) is 0 Å². The van der Waals surface area contributed by atoms with Gasteiger partial charge in [0.25, 0.3) is 0 Å². The molecule has 0 saturated heterocycles. The number of nitrogens with zero attached hydrogens (tertiary/aromatic N) is 3. The molecule has 0 spiro atoms. The van der Waals surface area contributed by atoms with E-state index in [2.05, 4.69) is 31.3 Å². The molecule has 2 aromatic heterocycles. The highest BCUT2D eigenvalue weighted by Gasteiger charge is 2.37. The third-order valence-corrected chi connectivity index (χ3v) is 5.55. The summed E-state index contributed by atoms with van der Waals surface area (Å²) < 4.78 is 13.7. The Bertz CT molecular complexity index is 1060. The number of aromatic nitrogens is 3. The number of benzene rings is 1. The van der Waals surface area contributed by atoms with Crippen molar-refractivity contribution in [3.8, 4) is 0 Å². The highest BCUT2D eigenvalue weighted by atomic mass is 79.9. The van der Waals surface area contributed by atoms with Gasteiger partial charge < -0.3 is 14.5 Å². The third-order valence-electron chi connectivity index (χ3n) is 4.40. The topological polar surface area (TPSA) is 82.2 Å². The van der Waals surface area contributed by atoms with Crippen LogP contribution in [0.5, 0.6) is 0 Å². The zero-order chi connectivity index (χ0) is 20.4. The number of esters is 1. The quantitative estimate of drug-likeness (QED) is 0.406. The van der Waals surface area contributed by atoms with Gasteiger partial charge in [0.1, 0.15) is 18.4 Å². The fraction of sp³-hybridized carbons (Fsp3) is 0.250. The van der Waals surface area contributed by atoms with Gasteiger partial charge in [-0.15, -0.1) is 5.10 Å². The molecule has 0 bridgehead atoms. The lowest BCUT2D eigenvalue weighted by Gasteiger charge is -2.26. The fourth-order valence-electron chi connectivity index (χ4n) is 3.13. The van der Waals surface area contributed by atoms with E-state index < -0.39 is 12.0 Å². The van der Waals surface area contributed by atoms with Crippen molar-refractivity contribution in [2.45, 2.75) is 31.7 Å². The number of ether oxygens (including phenoxy) is 1. The monoisotopic (exact) mass is 474 g/mol. The molecule has 0 amide bonds. The average Bonchev–Trinajstić information content (AvgIpc) is 3.31. The Kier molecular flexibility index (Phi) is 5.77. The second kappa shape index (κ2) is 8.46. The van der Waals surface area contributed by atoms with Crippen molar-refractivity contribution >= 4 is 39.6 Å². The first-order valence-corrected chi connectivity index (χ1v) is 10.9. The van der Waals surface area contributed by atoms with Crippen molar-refractivity contribution in [1.82, 2.24) is 14.8 Å². The number of nitrogens with one attached hydrogen (secondary N) is 1. The molecule has 3 aromatic rings. The first kappa shape index (κ1) is 19.8. The van der Waals surface area contributed by atoms with Gasteiger partial charge in [0.2, 0.25) is 11.1 Å². The van der Waals surface area contributed by atoms with Gasteiger partial charge in [0.15, 0.2) is 4.67 Å². The Hall–Kier alpha value is -2.52. The number of allylic oxidation sites excluding steroid dienone is 1. The molecular formula is C20H19BrN4O3S. The normalized spacial score (nSPS) is 15.8. The van der Waals surface area contributed by atoms with Gasteiger partial charge in [-0.2, -0.15) is 4.98 Å². The van der Waals surface area contributed by atoms with Crippen molar-refractivity contribution in [1.29, 1.82) is 0 Å². The Morgan fingerprint density at radius 3 is 2.79 bits per heavy atom. The zero-order valence-corrected chi connectivity index (χ0v) is 18.3. The van der Waals surface area contributed by atoms with Crippen LogP contribution in [-0.4, -0.2) is 26.5 Å². The molecule has 1 aliphatic heterocycles. The van der Waals surface area contributed by atoms with Crippen molar-refractivity contribution in [3.63, 3.8) is 0 Å². The van der Waals surface area contributed by atoms with Crippen LogP contribution >= 0.6 is 27.7 Å². The van der Waals surface area contributed by atoms with E-state index in [-0.39, 0.29) is 6.61 Å². The number of fused-ring (bicyclic) bond motifs is 1. The van der Waals surface area contributed by atoms with Crippen molar-refractivity contribution < 1.29 is 13.9 Å². The summed E-state index contributed by atoms with van der Waals surface area (Å²) in [4.78, 5) is 17.6. The second-order valence-electron chi connectivity index (χ2n) is 6.37. The lowest BCUT2D eigenvalue weighted by atomic mass is 10.0. The standard InChI is InChI=1S/C20H19BrN4O3S/c1-3-29-20-23-19-22-12(2)16(18(26)27-11-13-7-5-4-6-8-13)17(25(19)24-20)14-9-10-15(21)28-14/h4-10,17H,3,11H2,1-2H3,(H,22,23,24). The molecule has 1 aliphatic rings. The maximum absolute atomic E-state index is 13.1. The number of halogens is 1. The Balaban J connectivity index is 1.68. The molecule has 0 fully saturated rings. The molecule has 9 heteroatoms. The van der Waals surface area contributed by atoms with Crippen LogP contribution in [0, 0.1) is 0 Å². The molecule has 7 nitrogen and oxygen atoms in total. The molecule has 0 saturated carbocycles. The van der Waals surface area contributed by atoms with E-state index in [1.165, 1.54) is 11.8 Å². The van der Waals surface area contributed by atoms with E-state index in [9.17, 15) is 4.79 Å². The number of hydrogen-bond donors (Lipinski definition) is 1. The lowest BCUT2D eigenvalue weighted by Crippen LogP contribution is -2.29. The number of anilines is 1. The summed E-state index contributed by atoms with van der Waals surface area (Å²) in [5, 5.41) is 8.39. The minimum atomic E-state index is -0.570. The molecule has 1 atom stereocenters. The summed E-state index contributed by atoms with van der Waals surface area (Å²) in [7, 11) is 0.